The van der Waals surface area contributed by atoms with Crippen molar-refractivity contribution in [2.75, 3.05) is 24.3 Å². The van der Waals surface area contributed by atoms with Gasteiger partial charge in [0.2, 0.25) is 5.95 Å². The summed E-state index contributed by atoms with van der Waals surface area (Å²) >= 11 is 8.33. The average molecular weight is 553 g/mol. The Bertz CT molecular complexity index is 1040. The summed E-state index contributed by atoms with van der Waals surface area (Å²) in [7, 11) is 3.99. The molecule has 4 rings (SSSR count). The van der Waals surface area contributed by atoms with E-state index in [1.165, 1.54) is 11.3 Å². The number of carbonyl (C=O) groups is 1. The van der Waals surface area contributed by atoms with Crippen molar-refractivity contribution in [2.24, 2.45) is 0 Å². The summed E-state index contributed by atoms with van der Waals surface area (Å²) in [4.78, 5) is 24.7. The molecule has 1 aliphatic rings. The summed E-state index contributed by atoms with van der Waals surface area (Å²) in [5, 5.41) is 7.73. The van der Waals surface area contributed by atoms with Crippen LogP contribution in [0.3, 0.4) is 0 Å². The van der Waals surface area contributed by atoms with E-state index in [1.807, 2.05) is 49.3 Å². The van der Waals surface area contributed by atoms with Crippen LogP contribution in [0.5, 0.6) is 0 Å². The number of halogens is 2. The van der Waals surface area contributed by atoms with Crippen molar-refractivity contribution in [1.82, 2.24) is 15.3 Å². The summed E-state index contributed by atoms with van der Waals surface area (Å²) in [5.74, 6) is 1.58. The van der Waals surface area contributed by atoms with E-state index in [0.717, 1.165) is 55.5 Å². The van der Waals surface area contributed by atoms with Crippen LogP contribution in [0.25, 0.3) is 10.9 Å². The van der Waals surface area contributed by atoms with Crippen LogP contribution in [-0.4, -0.2) is 42.1 Å². The third kappa shape index (κ3) is 4.78. The topological polar surface area (TPSA) is 70.2 Å². The maximum atomic E-state index is 12.5. The van der Waals surface area contributed by atoms with Gasteiger partial charge in [-0.3, -0.25) is 4.79 Å². The number of amides is 1. The van der Waals surface area contributed by atoms with Crippen molar-refractivity contribution < 1.29 is 4.79 Å². The van der Waals surface area contributed by atoms with Crippen LogP contribution in [0.4, 0.5) is 11.8 Å². The van der Waals surface area contributed by atoms with Crippen LogP contribution in [0, 0.1) is 0 Å². The lowest BCUT2D eigenvalue weighted by Crippen LogP contribution is -2.40. The van der Waals surface area contributed by atoms with Crippen LogP contribution in [0.2, 0.25) is 0 Å². The Morgan fingerprint density at radius 3 is 2.47 bits per heavy atom. The van der Waals surface area contributed by atoms with Crippen molar-refractivity contribution in [3.05, 3.63) is 43.5 Å². The summed E-state index contributed by atoms with van der Waals surface area (Å²) in [6.07, 6.45) is 3.81. The molecule has 0 bridgehead atoms. The second-order valence-electron chi connectivity index (χ2n) is 7.68. The highest BCUT2D eigenvalue weighted by molar-refractivity contribution is 9.13. The number of nitrogens with zero attached hydrogens (tertiary/aromatic N) is 3. The van der Waals surface area contributed by atoms with Gasteiger partial charge in [-0.15, -0.1) is 11.3 Å². The predicted octanol–water partition coefficient (Wildman–Crippen LogP) is 5.44. The van der Waals surface area contributed by atoms with Crippen LogP contribution < -0.4 is 15.5 Å². The van der Waals surface area contributed by atoms with Crippen molar-refractivity contribution in [2.45, 2.75) is 37.8 Å². The van der Waals surface area contributed by atoms with E-state index in [1.54, 1.807) is 0 Å². The van der Waals surface area contributed by atoms with E-state index in [4.69, 9.17) is 9.97 Å². The Morgan fingerprint density at radius 2 is 1.80 bits per heavy atom. The van der Waals surface area contributed by atoms with Gasteiger partial charge in [0.25, 0.3) is 5.91 Å². The molecule has 158 valence electrons. The first kappa shape index (κ1) is 21.5. The molecule has 0 aliphatic heterocycles. The summed E-state index contributed by atoms with van der Waals surface area (Å²) < 4.78 is 1.85. The van der Waals surface area contributed by atoms with Crippen LogP contribution in [0.15, 0.2) is 38.6 Å². The summed E-state index contributed by atoms with van der Waals surface area (Å²) in [6.45, 7) is 0. The molecule has 2 N–H and O–H groups in total. The minimum atomic E-state index is -0.00343. The molecular formula is C21H23Br2N5OS. The maximum Gasteiger partial charge on any atom is 0.261 e. The molecule has 1 fully saturated rings. The Labute approximate surface area is 196 Å². The molecule has 0 spiro atoms. The molecule has 0 unspecified atom stereocenters. The summed E-state index contributed by atoms with van der Waals surface area (Å²) in [6, 6.07) is 10.4. The molecule has 2 heterocycles. The lowest BCUT2D eigenvalue weighted by Gasteiger charge is -2.29. The standard InChI is InChI=1S/C21H23Br2N5OS/c1-28(2)19-14-5-3-4-6-16(14)26-21(27-19)25-13-9-7-12(8-10-13)24-20(29)17-11-15(22)18(23)30-17/h3-6,11-13H,7-10H2,1-2H3,(H,24,29)(H,25,26,27)/t12-,13+. The lowest BCUT2D eigenvalue weighted by molar-refractivity contribution is 0.0930. The van der Waals surface area contributed by atoms with Crippen molar-refractivity contribution in [3.63, 3.8) is 0 Å². The molecule has 2 aromatic heterocycles. The molecule has 9 heteroatoms. The van der Waals surface area contributed by atoms with E-state index >= 15 is 0 Å². The first-order chi connectivity index (χ1) is 14.4. The van der Waals surface area contributed by atoms with Gasteiger partial charge in [-0.05, 0) is 75.7 Å². The number of rotatable bonds is 5. The highest BCUT2D eigenvalue weighted by atomic mass is 79.9. The van der Waals surface area contributed by atoms with Gasteiger partial charge in [0, 0.05) is 36.0 Å². The van der Waals surface area contributed by atoms with E-state index in [2.05, 4.69) is 42.5 Å². The van der Waals surface area contributed by atoms with Gasteiger partial charge in [0.05, 0.1) is 14.2 Å². The average Bonchev–Trinajstić information content (AvgIpc) is 3.07. The fourth-order valence-corrected chi connectivity index (χ4v) is 5.68. The highest BCUT2D eigenvalue weighted by Gasteiger charge is 2.24. The molecule has 1 saturated carbocycles. The number of hydrogen-bond acceptors (Lipinski definition) is 6. The van der Waals surface area contributed by atoms with Crippen LogP contribution in [-0.2, 0) is 0 Å². The molecule has 0 radical (unpaired) electrons. The van der Waals surface area contributed by atoms with Gasteiger partial charge in [-0.2, -0.15) is 4.98 Å². The highest BCUT2D eigenvalue weighted by Crippen LogP contribution is 2.33. The van der Waals surface area contributed by atoms with E-state index in [9.17, 15) is 4.79 Å². The second kappa shape index (κ2) is 9.20. The Hall–Kier alpha value is -1.71. The van der Waals surface area contributed by atoms with Gasteiger partial charge < -0.3 is 15.5 Å². The first-order valence-electron chi connectivity index (χ1n) is 9.87. The zero-order valence-electron chi connectivity index (χ0n) is 16.8. The number of benzene rings is 1. The van der Waals surface area contributed by atoms with E-state index in [0.29, 0.717) is 12.0 Å². The Balaban J connectivity index is 1.37. The summed E-state index contributed by atoms with van der Waals surface area (Å²) in [5.41, 5.74) is 0.938. The zero-order chi connectivity index (χ0) is 21.3. The minimum absolute atomic E-state index is 0.00343. The number of nitrogens with one attached hydrogen (secondary N) is 2. The predicted molar refractivity (Wildman–Crippen MR) is 131 cm³/mol. The van der Waals surface area contributed by atoms with Crippen LogP contribution in [0.1, 0.15) is 35.4 Å². The number of aromatic nitrogens is 2. The molecule has 1 amide bonds. The Kier molecular flexibility index (Phi) is 6.60. The molecule has 3 aromatic rings. The van der Waals surface area contributed by atoms with Gasteiger partial charge in [-0.1, -0.05) is 12.1 Å². The molecule has 30 heavy (non-hydrogen) atoms. The number of hydrogen-bond donors (Lipinski definition) is 2. The maximum absolute atomic E-state index is 12.5. The molecule has 1 aromatic carbocycles. The SMILES string of the molecule is CN(C)c1nc(N[C@H]2CC[C@@H](NC(=O)c3cc(Br)c(Br)s3)CC2)nc2ccccc12. The fraction of sp³-hybridized carbons (Fsp3) is 0.381. The van der Waals surface area contributed by atoms with E-state index in [-0.39, 0.29) is 11.9 Å². The van der Waals surface area contributed by atoms with Gasteiger partial charge in [0.15, 0.2) is 0 Å². The number of thiophene rings is 1. The molecule has 0 saturated heterocycles. The number of carbonyl (C=O) groups excluding carboxylic acids is 1. The van der Waals surface area contributed by atoms with Crippen molar-refractivity contribution in [1.29, 1.82) is 0 Å². The minimum Gasteiger partial charge on any atom is -0.362 e. The largest absolute Gasteiger partial charge is 0.362 e. The van der Waals surface area contributed by atoms with Crippen molar-refractivity contribution >= 4 is 71.8 Å². The fourth-order valence-electron chi connectivity index (χ4n) is 3.74. The number of fused-ring (bicyclic) bond motifs is 1. The smallest absolute Gasteiger partial charge is 0.261 e. The normalized spacial score (nSPS) is 18.9. The molecule has 0 atom stereocenters. The van der Waals surface area contributed by atoms with Gasteiger partial charge in [-0.25, -0.2) is 4.98 Å². The third-order valence-corrected chi connectivity index (χ3v) is 8.53. The number of para-hydroxylation sites is 1. The zero-order valence-corrected chi connectivity index (χ0v) is 20.8. The monoisotopic (exact) mass is 551 g/mol. The van der Waals surface area contributed by atoms with Crippen molar-refractivity contribution in [3.8, 4) is 0 Å². The van der Waals surface area contributed by atoms with Crippen LogP contribution >= 0.6 is 43.2 Å². The lowest BCUT2D eigenvalue weighted by atomic mass is 9.91. The molecule has 1 aliphatic carbocycles. The third-order valence-electron chi connectivity index (χ3n) is 5.27. The molecule has 6 nitrogen and oxygen atoms in total. The van der Waals surface area contributed by atoms with E-state index < -0.39 is 0 Å². The second-order valence-corrected chi connectivity index (χ2v) is 10.9. The van der Waals surface area contributed by atoms with Gasteiger partial charge >= 0.3 is 0 Å². The Morgan fingerprint density at radius 1 is 1.10 bits per heavy atom. The quantitative estimate of drug-likeness (QED) is 0.441. The first-order valence-corrected chi connectivity index (χ1v) is 12.3. The number of anilines is 2. The molecular weight excluding hydrogens is 530 g/mol. The van der Waals surface area contributed by atoms with Gasteiger partial charge in [0.1, 0.15) is 5.82 Å².